The molecule has 2 aromatic rings. The van der Waals surface area contributed by atoms with E-state index >= 15 is 0 Å². The van der Waals surface area contributed by atoms with E-state index in [1.807, 2.05) is 12.1 Å². The van der Waals surface area contributed by atoms with Crippen LogP contribution in [0.15, 0.2) is 41.8 Å². The van der Waals surface area contributed by atoms with Gasteiger partial charge in [-0.15, -0.1) is 11.3 Å². The molecule has 0 saturated carbocycles. The van der Waals surface area contributed by atoms with E-state index in [0.29, 0.717) is 17.1 Å². The summed E-state index contributed by atoms with van der Waals surface area (Å²) in [5.41, 5.74) is 0.516. The molecule has 0 unspecified atom stereocenters. The van der Waals surface area contributed by atoms with Crippen molar-refractivity contribution in [1.29, 1.82) is 0 Å². The Hall–Kier alpha value is -2.42. The predicted molar refractivity (Wildman–Crippen MR) is 95.1 cm³/mol. The zero-order valence-corrected chi connectivity index (χ0v) is 14.6. The maximum atomic E-state index is 11.8. The molecule has 0 fully saturated rings. The Labute approximate surface area is 153 Å². The number of benzene rings is 1. The third-order valence-corrected chi connectivity index (χ3v) is 3.97. The van der Waals surface area contributed by atoms with E-state index in [1.165, 1.54) is 4.88 Å². The molecular formula is C16H17ClN2O5S. The minimum Gasteiger partial charge on any atom is -0.473 e. The second kappa shape index (κ2) is 11.2. The molecule has 4 N–H and O–H groups in total. The van der Waals surface area contributed by atoms with Gasteiger partial charge in [0, 0.05) is 24.5 Å². The van der Waals surface area contributed by atoms with Gasteiger partial charge in [-0.2, -0.15) is 0 Å². The highest BCUT2D eigenvalue weighted by atomic mass is 35.5. The Morgan fingerprint density at radius 1 is 1.00 bits per heavy atom. The lowest BCUT2D eigenvalue weighted by molar-refractivity contribution is -0.159. The van der Waals surface area contributed by atoms with Gasteiger partial charge in [0.2, 0.25) is 0 Å². The number of carbonyl (C=O) groups excluding carboxylic acids is 1. The molecule has 0 saturated heterocycles. The van der Waals surface area contributed by atoms with Gasteiger partial charge in [-0.25, -0.2) is 9.59 Å². The molecule has 1 aromatic heterocycles. The fourth-order valence-corrected chi connectivity index (χ4v) is 2.53. The molecule has 9 heteroatoms. The standard InChI is InChI=1S/C14H15ClN2OS.C2H2O4/c15-13-6-2-1-5-12(13)14(18)17-8-7-16-10-11-4-3-9-19-11;3-1(4)2(5)6/h1-6,9,16H,7-8,10H2,(H,17,18);(H,3,4)(H,5,6). The summed E-state index contributed by atoms with van der Waals surface area (Å²) >= 11 is 7.67. The summed E-state index contributed by atoms with van der Waals surface area (Å²) in [7, 11) is 0. The van der Waals surface area contributed by atoms with Crippen molar-refractivity contribution in [2.75, 3.05) is 13.1 Å². The Morgan fingerprint density at radius 2 is 1.68 bits per heavy atom. The van der Waals surface area contributed by atoms with Gasteiger partial charge < -0.3 is 20.8 Å². The van der Waals surface area contributed by atoms with Gasteiger partial charge in [-0.05, 0) is 23.6 Å². The largest absolute Gasteiger partial charge is 0.473 e. The van der Waals surface area contributed by atoms with Crippen LogP contribution in [-0.4, -0.2) is 41.1 Å². The Kier molecular flexibility index (Phi) is 9.23. The summed E-state index contributed by atoms with van der Waals surface area (Å²) in [6.45, 7) is 2.14. The zero-order chi connectivity index (χ0) is 18.7. The van der Waals surface area contributed by atoms with Crippen molar-refractivity contribution < 1.29 is 24.6 Å². The number of thiophene rings is 1. The van der Waals surface area contributed by atoms with Crippen LogP contribution in [0.2, 0.25) is 5.02 Å². The van der Waals surface area contributed by atoms with Gasteiger partial charge in [0.15, 0.2) is 0 Å². The predicted octanol–water partition coefficient (Wildman–Crippen LogP) is 2.08. The van der Waals surface area contributed by atoms with Crippen LogP contribution >= 0.6 is 22.9 Å². The monoisotopic (exact) mass is 384 g/mol. The molecule has 0 atom stereocenters. The lowest BCUT2D eigenvalue weighted by atomic mass is 10.2. The summed E-state index contributed by atoms with van der Waals surface area (Å²) in [4.78, 5) is 31.3. The average molecular weight is 385 g/mol. The second-order valence-corrected chi connectivity index (χ2v) is 6.04. The van der Waals surface area contributed by atoms with Crippen LogP contribution in [0, 0.1) is 0 Å². The number of aliphatic carboxylic acids is 2. The van der Waals surface area contributed by atoms with E-state index in [9.17, 15) is 4.79 Å². The minimum absolute atomic E-state index is 0.136. The zero-order valence-electron chi connectivity index (χ0n) is 13.1. The maximum Gasteiger partial charge on any atom is 0.414 e. The van der Waals surface area contributed by atoms with Gasteiger partial charge in [0.1, 0.15) is 0 Å². The lowest BCUT2D eigenvalue weighted by Crippen LogP contribution is -2.31. The highest BCUT2D eigenvalue weighted by molar-refractivity contribution is 7.09. The quantitative estimate of drug-likeness (QED) is 0.447. The number of carbonyl (C=O) groups is 3. The number of hydrogen-bond donors (Lipinski definition) is 4. The van der Waals surface area contributed by atoms with Crippen LogP contribution in [0.5, 0.6) is 0 Å². The van der Waals surface area contributed by atoms with E-state index in [0.717, 1.165) is 13.1 Å². The fraction of sp³-hybridized carbons (Fsp3) is 0.188. The topological polar surface area (TPSA) is 116 Å². The first kappa shape index (κ1) is 20.6. The molecule has 7 nitrogen and oxygen atoms in total. The van der Waals surface area contributed by atoms with Crippen LogP contribution in [0.25, 0.3) is 0 Å². The molecule has 1 aromatic carbocycles. The Balaban J connectivity index is 0.000000450. The normalized spacial score (nSPS) is 9.64. The van der Waals surface area contributed by atoms with E-state index in [4.69, 9.17) is 31.4 Å². The number of carboxylic acid groups (broad SMARTS) is 2. The number of amides is 1. The van der Waals surface area contributed by atoms with Gasteiger partial charge >= 0.3 is 11.9 Å². The van der Waals surface area contributed by atoms with Crippen molar-refractivity contribution in [2.45, 2.75) is 6.54 Å². The number of carboxylic acids is 2. The van der Waals surface area contributed by atoms with Crippen molar-refractivity contribution in [3.05, 3.63) is 57.2 Å². The Bertz CT molecular complexity index is 694. The molecule has 2 rings (SSSR count). The molecule has 0 bridgehead atoms. The van der Waals surface area contributed by atoms with Gasteiger partial charge in [0.25, 0.3) is 5.91 Å². The fourth-order valence-electron chi connectivity index (χ4n) is 1.63. The molecule has 0 aliphatic heterocycles. The van der Waals surface area contributed by atoms with Crippen molar-refractivity contribution in [3.8, 4) is 0 Å². The van der Waals surface area contributed by atoms with Crippen molar-refractivity contribution >= 4 is 40.8 Å². The molecule has 0 radical (unpaired) electrons. The first-order valence-electron chi connectivity index (χ1n) is 7.14. The molecule has 0 spiro atoms. The molecule has 0 aliphatic carbocycles. The highest BCUT2D eigenvalue weighted by Crippen LogP contribution is 2.14. The van der Waals surface area contributed by atoms with Gasteiger partial charge in [0.05, 0.1) is 10.6 Å². The van der Waals surface area contributed by atoms with Crippen molar-refractivity contribution in [1.82, 2.24) is 10.6 Å². The molecule has 1 heterocycles. The van der Waals surface area contributed by atoms with Crippen LogP contribution in [0.3, 0.4) is 0 Å². The number of halogens is 1. The highest BCUT2D eigenvalue weighted by Gasteiger charge is 2.08. The molecular weight excluding hydrogens is 368 g/mol. The smallest absolute Gasteiger partial charge is 0.414 e. The maximum absolute atomic E-state index is 11.8. The SMILES string of the molecule is O=C(NCCNCc1cccs1)c1ccccc1Cl.O=C(O)C(=O)O. The summed E-state index contributed by atoms with van der Waals surface area (Å²) in [5, 5.41) is 23.4. The van der Waals surface area contributed by atoms with E-state index in [2.05, 4.69) is 22.1 Å². The summed E-state index contributed by atoms with van der Waals surface area (Å²) in [6.07, 6.45) is 0. The molecule has 134 valence electrons. The average Bonchev–Trinajstić information content (AvgIpc) is 3.08. The minimum atomic E-state index is -1.82. The van der Waals surface area contributed by atoms with Crippen LogP contribution in [0.1, 0.15) is 15.2 Å². The molecule has 25 heavy (non-hydrogen) atoms. The second-order valence-electron chi connectivity index (χ2n) is 4.60. The first-order valence-corrected chi connectivity index (χ1v) is 8.39. The Morgan fingerprint density at radius 3 is 2.24 bits per heavy atom. The first-order chi connectivity index (χ1) is 11.9. The summed E-state index contributed by atoms with van der Waals surface area (Å²) in [6, 6.07) is 11.2. The summed E-state index contributed by atoms with van der Waals surface area (Å²) < 4.78 is 0. The van der Waals surface area contributed by atoms with E-state index in [1.54, 1.807) is 29.5 Å². The van der Waals surface area contributed by atoms with Crippen molar-refractivity contribution in [3.63, 3.8) is 0 Å². The van der Waals surface area contributed by atoms with E-state index in [-0.39, 0.29) is 5.91 Å². The third-order valence-electron chi connectivity index (χ3n) is 2.77. The van der Waals surface area contributed by atoms with Crippen molar-refractivity contribution in [2.24, 2.45) is 0 Å². The van der Waals surface area contributed by atoms with E-state index < -0.39 is 11.9 Å². The molecule has 0 aliphatic rings. The number of rotatable bonds is 6. The molecule has 1 amide bonds. The third kappa shape index (κ3) is 8.30. The lowest BCUT2D eigenvalue weighted by Gasteiger charge is -2.07. The number of hydrogen-bond acceptors (Lipinski definition) is 5. The van der Waals surface area contributed by atoms with Crippen LogP contribution in [-0.2, 0) is 16.1 Å². The van der Waals surface area contributed by atoms with Crippen LogP contribution in [0.4, 0.5) is 0 Å². The van der Waals surface area contributed by atoms with Gasteiger partial charge in [-0.1, -0.05) is 29.8 Å². The van der Waals surface area contributed by atoms with Crippen LogP contribution < -0.4 is 10.6 Å². The van der Waals surface area contributed by atoms with Gasteiger partial charge in [-0.3, -0.25) is 4.79 Å². The summed E-state index contributed by atoms with van der Waals surface area (Å²) in [5.74, 6) is -3.78. The number of nitrogens with one attached hydrogen (secondary N) is 2.